The molecule has 0 bridgehead atoms. The van der Waals surface area contributed by atoms with Gasteiger partial charge in [0.05, 0.1) is 0 Å². The van der Waals surface area contributed by atoms with Crippen LogP contribution in [-0.4, -0.2) is 59.3 Å². The van der Waals surface area contributed by atoms with Crippen LogP contribution in [0.15, 0.2) is 110 Å². The fraction of sp³-hybridized carbons (Fsp3) is 0.364. The van der Waals surface area contributed by atoms with Crippen LogP contribution < -0.4 is 59.1 Å². The van der Waals surface area contributed by atoms with E-state index in [0.717, 1.165) is 51.4 Å². The zero-order valence-corrected chi connectivity index (χ0v) is 40.0. The number of carboxylic acids is 4. The van der Waals surface area contributed by atoms with Gasteiger partial charge in [-0.1, -0.05) is 108 Å². The molecule has 0 aliphatic carbocycles. The van der Waals surface area contributed by atoms with Crippen molar-refractivity contribution >= 4 is 70.1 Å². The van der Waals surface area contributed by atoms with Gasteiger partial charge in [0, 0.05) is 60.8 Å². The Kier molecular flexibility index (Phi) is 43.9. The molecule has 6 rings (SSSR count). The zero-order chi connectivity index (χ0) is 41.1. The minimum Gasteiger partial charge on any atom is -2.00 e. The van der Waals surface area contributed by atoms with Crippen LogP contribution in [-0.2, 0) is 32.7 Å². The summed E-state index contributed by atoms with van der Waals surface area (Å²) in [6.45, 7) is 7.90. The summed E-state index contributed by atoms with van der Waals surface area (Å²) in [5.74, 6) is -2.77. The monoisotopic (exact) mass is 837 g/mol. The molecule has 7 N–H and O–H groups in total. The number of para-hydroxylation sites is 3. The number of nitrogens with one attached hydrogen (secondary N) is 3. The number of carbonyl (C=O) groups is 4. The van der Waals surface area contributed by atoms with E-state index in [-0.39, 0.29) is 72.6 Å². The normalized spacial score (nSPS) is 8.97. The second-order valence-corrected chi connectivity index (χ2v) is 12.2. The van der Waals surface area contributed by atoms with E-state index in [9.17, 15) is 19.2 Å². The van der Waals surface area contributed by atoms with Crippen LogP contribution in [0.3, 0.4) is 0 Å². The van der Waals surface area contributed by atoms with Crippen molar-refractivity contribution in [2.24, 2.45) is 0 Å². The van der Waals surface area contributed by atoms with Gasteiger partial charge in [-0.05, 0) is 78.2 Å². The molecule has 0 radical (unpaired) electrons. The standard InChI is InChI=1S/3C8H7N.4C5H10O2.2Na.S/c3*1-2-4-8-7(3-1)5-6-9-8;4*1-2-3-4-5(6)7;;;/h3*1-6,9H;4*2-4H2,1H3,(H,6,7);;;/q;;;;;;;2*+1;-2. The maximum Gasteiger partial charge on any atom is 1.00 e. The summed E-state index contributed by atoms with van der Waals surface area (Å²) >= 11 is 0. The van der Waals surface area contributed by atoms with Gasteiger partial charge in [-0.15, -0.1) is 0 Å². The molecule has 3 aromatic heterocycles. The van der Waals surface area contributed by atoms with E-state index in [1.165, 1.54) is 32.7 Å². The third-order valence-electron chi connectivity index (χ3n) is 7.36. The van der Waals surface area contributed by atoms with Crippen molar-refractivity contribution in [2.45, 2.75) is 105 Å². The molecule has 308 valence electrons. The van der Waals surface area contributed by atoms with Crippen LogP contribution in [0, 0.1) is 0 Å². The van der Waals surface area contributed by atoms with Gasteiger partial charge in [0.2, 0.25) is 0 Å². The Morgan fingerprint density at radius 1 is 0.397 bits per heavy atom. The number of H-pyrrole nitrogens is 3. The minimum atomic E-state index is -0.693. The number of hydrogen-bond acceptors (Lipinski definition) is 4. The molecule has 3 heterocycles. The van der Waals surface area contributed by atoms with Crippen LogP contribution in [0.2, 0.25) is 0 Å². The Labute approximate surface area is 394 Å². The summed E-state index contributed by atoms with van der Waals surface area (Å²) in [6, 6.07) is 30.8. The van der Waals surface area contributed by atoms with Gasteiger partial charge in [0.25, 0.3) is 0 Å². The number of hydrogen-bond donors (Lipinski definition) is 7. The van der Waals surface area contributed by atoms with Crippen molar-refractivity contribution in [3.63, 3.8) is 0 Å². The van der Waals surface area contributed by atoms with E-state index in [1.54, 1.807) is 0 Å². The van der Waals surface area contributed by atoms with Crippen molar-refractivity contribution < 1.29 is 98.7 Å². The molecule has 0 spiro atoms. The number of carboxylic acid groups (broad SMARTS) is 4. The van der Waals surface area contributed by atoms with E-state index in [1.807, 2.05) is 82.7 Å². The number of aliphatic carboxylic acids is 4. The largest absolute Gasteiger partial charge is 2.00 e. The average molecular weight is 838 g/mol. The van der Waals surface area contributed by atoms with Crippen LogP contribution in [0.5, 0.6) is 0 Å². The number of unbranched alkanes of at least 4 members (excludes halogenated alkanes) is 4. The molecule has 6 aromatic rings. The SMILES string of the molecule is CCCCC(=O)O.CCCCC(=O)O.CCCCC(=O)O.CCCCC(=O)O.[Na+].[Na+].[S-2].c1ccc2[nH]ccc2c1.c1ccc2[nH]ccc2c1.c1ccc2[nH]ccc2c1. The topological polar surface area (TPSA) is 197 Å². The first-order valence-electron chi connectivity index (χ1n) is 18.9. The number of fused-ring (bicyclic) bond motifs is 3. The molecule has 0 saturated carbocycles. The zero-order valence-electron chi connectivity index (χ0n) is 35.2. The summed E-state index contributed by atoms with van der Waals surface area (Å²) in [6.07, 6.45) is 14.2. The molecule has 58 heavy (non-hydrogen) atoms. The Balaban J connectivity index is -0.000000292. The Hall–Kier alpha value is -3.49. The summed E-state index contributed by atoms with van der Waals surface area (Å²) in [4.78, 5) is 48.4. The predicted molar refractivity (Wildman–Crippen MR) is 231 cm³/mol. The summed E-state index contributed by atoms with van der Waals surface area (Å²) in [5.41, 5.74) is 3.62. The van der Waals surface area contributed by atoms with Gasteiger partial charge in [-0.3, -0.25) is 19.2 Å². The van der Waals surface area contributed by atoms with E-state index < -0.39 is 23.9 Å². The Morgan fingerprint density at radius 2 is 0.603 bits per heavy atom. The van der Waals surface area contributed by atoms with Crippen molar-refractivity contribution in [1.82, 2.24) is 15.0 Å². The number of aromatic amines is 3. The van der Waals surface area contributed by atoms with Crippen LogP contribution >= 0.6 is 0 Å². The Morgan fingerprint density at radius 3 is 0.759 bits per heavy atom. The summed E-state index contributed by atoms with van der Waals surface area (Å²) in [7, 11) is 0. The van der Waals surface area contributed by atoms with Gasteiger partial charge in [0.1, 0.15) is 0 Å². The first kappa shape index (κ1) is 61.2. The van der Waals surface area contributed by atoms with E-state index in [2.05, 4.69) is 69.5 Å². The molecule has 0 amide bonds. The fourth-order valence-electron chi connectivity index (χ4n) is 4.30. The van der Waals surface area contributed by atoms with E-state index in [4.69, 9.17) is 20.4 Å². The maximum atomic E-state index is 9.76. The maximum absolute atomic E-state index is 9.76. The molecule has 11 nitrogen and oxygen atoms in total. The molecule has 0 fully saturated rings. The minimum absolute atomic E-state index is 0. The van der Waals surface area contributed by atoms with E-state index in [0.29, 0.717) is 25.7 Å². The summed E-state index contributed by atoms with van der Waals surface area (Å²) in [5, 5.41) is 36.0. The molecule has 3 aromatic carbocycles. The third-order valence-corrected chi connectivity index (χ3v) is 7.36. The van der Waals surface area contributed by atoms with Crippen LogP contribution in [0.4, 0.5) is 0 Å². The molecule has 0 saturated heterocycles. The quantitative estimate of drug-likeness (QED) is 0.0779. The fourth-order valence-corrected chi connectivity index (χ4v) is 4.30. The first-order valence-corrected chi connectivity index (χ1v) is 18.9. The average Bonchev–Trinajstić information content (AvgIpc) is 3.97. The molecular formula is C44H61N3Na2O8S. The second-order valence-electron chi connectivity index (χ2n) is 12.2. The molecule has 0 aliphatic heterocycles. The number of benzene rings is 3. The van der Waals surface area contributed by atoms with Crippen molar-refractivity contribution in [2.75, 3.05) is 0 Å². The molecule has 0 atom stereocenters. The van der Waals surface area contributed by atoms with Crippen LogP contribution in [0.1, 0.15) is 105 Å². The van der Waals surface area contributed by atoms with Crippen molar-refractivity contribution in [1.29, 1.82) is 0 Å². The summed E-state index contributed by atoms with van der Waals surface area (Å²) < 4.78 is 0. The second kappa shape index (κ2) is 41.7. The first-order chi connectivity index (χ1) is 26.5. The third kappa shape index (κ3) is 34.5. The Bertz CT molecular complexity index is 1560. The van der Waals surface area contributed by atoms with E-state index >= 15 is 0 Å². The number of aromatic nitrogens is 3. The van der Waals surface area contributed by atoms with Gasteiger partial charge in [-0.25, -0.2) is 0 Å². The van der Waals surface area contributed by atoms with Crippen LogP contribution in [0.25, 0.3) is 32.7 Å². The van der Waals surface area contributed by atoms with Gasteiger partial charge in [-0.2, -0.15) is 0 Å². The van der Waals surface area contributed by atoms with Crippen molar-refractivity contribution in [3.8, 4) is 0 Å². The smallest absolute Gasteiger partial charge is 1.00 e. The van der Waals surface area contributed by atoms with Gasteiger partial charge >= 0.3 is 83.0 Å². The number of rotatable bonds is 12. The molecular weight excluding hydrogens is 777 g/mol. The molecule has 0 unspecified atom stereocenters. The van der Waals surface area contributed by atoms with Crippen molar-refractivity contribution in [3.05, 3.63) is 110 Å². The van der Waals surface area contributed by atoms with Gasteiger partial charge < -0.3 is 48.9 Å². The predicted octanol–water partition coefficient (Wildman–Crippen LogP) is 5.55. The molecule has 0 aliphatic rings. The van der Waals surface area contributed by atoms with Gasteiger partial charge in [0.15, 0.2) is 0 Å². The molecule has 14 heteroatoms.